The molecule has 0 bridgehead atoms. The van der Waals surface area contributed by atoms with Crippen molar-refractivity contribution in [3.63, 3.8) is 0 Å². The molecule has 2 aromatic rings. The van der Waals surface area contributed by atoms with Crippen LogP contribution >= 0.6 is 11.3 Å². The zero-order chi connectivity index (χ0) is 20.9. The van der Waals surface area contributed by atoms with Crippen LogP contribution in [-0.2, 0) is 21.4 Å². The van der Waals surface area contributed by atoms with Crippen molar-refractivity contribution < 1.29 is 13.2 Å². The maximum absolute atomic E-state index is 13.0. The number of nitrogens with zero attached hydrogens (tertiary/aromatic N) is 3. The lowest BCUT2D eigenvalue weighted by Gasteiger charge is -2.33. The van der Waals surface area contributed by atoms with Gasteiger partial charge < -0.3 is 4.90 Å². The highest BCUT2D eigenvalue weighted by atomic mass is 32.2. The average Bonchev–Trinajstić information content (AvgIpc) is 3.26. The van der Waals surface area contributed by atoms with Gasteiger partial charge in [0.05, 0.1) is 17.0 Å². The molecule has 1 aromatic carbocycles. The van der Waals surface area contributed by atoms with Gasteiger partial charge in [0.2, 0.25) is 15.9 Å². The minimum absolute atomic E-state index is 0.0262. The second-order valence-corrected chi connectivity index (χ2v) is 9.81. The Morgan fingerprint density at radius 1 is 1.28 bits per heavy atom. The summed E-state index contributed by atoms with van der Waals surface area (Å²) in [6, 6.07) is 12.1. The molecule has 0 saturated carbocycles. The fraction of sp³-hybridized carbons (Fsp3) is 0.333. The van der Waals surface area contributed by atoms with Gasteiger partial charge in [-0.3, -0.25) is 4.79 Å². The summed E-state index contributed by atoms with van der Waals surface area (Å²) in [5.41, 5.74) is 0.138. The van der Waals surface area contributed by atoms with Crippen molar-refractivity contribution in [1.29, 1.82) is 5.26 Å². The van der Waals surface area contributed by atoms with Crippen molar-refractivity contribution >= 4 is 27.3 Å². The van der Waals surface area contributed by atoms with Crippen molar-refractivity contribution in [2.24, 2.45) is 5.92 Å². The maximum atomic E-state index is 13.0. The largest absolute Gasteiger partial charge is 0.334 e. The zero-order valence-electron chi connectivity index (χ0n) is 16.0. The molecule has 29 heavy (non-hydrogen) atoms. The smallest absolute Gasteiger partial charge is 0.244 e. The molecule has 1 aliphatic heterocycles. The number of piperidine rings is 1. The Morgan fingerprint density at radius 3 is 2.62 bits per heavy atom. The second kappa shape index (κ2) is 9.35. The molecule has 1 aliphatic rings. The first-order valence-electron chi connectivity index (χ1n) is 9.38. The van der Waals surface area contributed by atoms with Crippen LogP contribution in [0.3, 0.4) is 0 Å². The number of sulfonamides is 1. The third-order valence-corrected chi connectivity index (χ3v) is 7.83. The number of benzene rings is 1. The number of carbonyl (C=O) groups is 1. The molecule has 1 fully saturated rings. The number of amides is 1. The van der Waals surface area contributed by atoms with Gasteiger partial charge in [-0.15, -0.1) is 17.9 Å². The molecule has 152 valence electrons. The molecule has 0 unspecified atom stereocenters. The second-order valence-electron chi connectivity index (χ2n) is 6.87. The monoisotopic (exact) mass is 429 g/mol. The van der Waals surface area contributed by atoms with Gasteiger partial charge >= 0.3 is 0 Å². The fourth-order valence-electron chi connectivity index (χ4n) is 3.50. The summed E-state index contributed by atoms with van der Waals surface area (Å²) in [6.07, 6.45) is 2.64. The molecule has 1 aromatic heterocycles. The number of hydrogen-bond donors (Lipinski definition) is 0. The molecule has 6 nitrogen and oxygen atoms in total. The first-order chi connectivity index (χ1) is 14.0. The summed E-state index contributed by atoms with van der Waals surface area (Å²) in [7, 11) is -3.75. The van der Waals surface area contributed by atoms with Crippen LogP contribution in [0.5, 0.6) is 0 Å². The van der Waals surface area contributed by atoms with Crippen molar-refractivity contribution in [3.8, 4) is 6.07 Å². The number of nitriles is 1. The zero-order valence-corrected chi connectivity index (χ0v) is 17.7. The normalized spacial score (nSPS) is 15.6. The highest BCUT2D eigenvalue weighted by Gasteiger charge is 2.34. The molecule has 1 saturated heterocycles. The summed E-state index contributed by atoms with van der Waals surface area (Å²) in [5.74, 6) is -0.180. The van der Waals surface area contributed by atoms with Gasteiger partial charge in [-0.1, -0.05) is 24.3 Å². The predicted molar refractivity (Wildman–Crippen MR) is 113 cm³/mol. The third kappa shape index (κ3) is 4.75. The van der Waals surface area contributed by atoms with E-state index in [4.69, 9.17) is 0 Å². The van der Waals surface area contributed by atoms with E-state index in [1.54, 1.807) is 34.4 Å². The van der Waals surface area contributed by atoms with Crippen LogP contribution in [0.25, 0.3) is 0 Å². The number of thiophene rings is 1. The van der Waals surface area contributed by atoms with Gasteiger partial charge in [-0.2, -0.15) is 9.57 Å². The van der Waals surface area contributed by atoms with E-state index in [2.05, 4.69) is 6.58 Å². The Morgan fingerprint density at radius 2 is 2.00 bits per heavy atom. The molecule has 1 amide bonds. The van der Waals surface area contributed by atoms with Crippen LogP contribution in [-0.4, -0.2) is 43.2 Å². The third-order valence-electron chi connectivity index (χ3n) is 5.02. The summed E-state index contributed by atoms with van der Waals surface area (Å²) < 4.78 is 27.3. The minimum Gasteiger partial charge on any atom is -0.334 e. The van der Waals surface area contributed by atoms with Crippen LogP contribution in [0.4, 0.5) is 0 Å². The summed E-state index contributed by atoms with van der Waals surface area (Å²) in [4.78, 5) is 15.9. The lowest BCUT2D eigenvalue weighted by Crippen LogP contribution is -2.44. The molecular formula is C21H23N3O3S2. The Bertz CT molecular complexity index is 1000. The van der Waals surface area contributed by atoms with E-state index >= 15 is 0 Å². The minimum atomic E-state index is -3.75. The van der Waals surface area contributed by atoms with E-state index in [0.29, 0.717) is 25.9 Å². The molecule has 0 spiro atoms. The molecular weight excluding hydrogens is 406 g/mol. The van der Waals surface area contributed by atoms with Crippen molar-refractivity contribution in [3.05, 3.63) is 64.9 Å². The predicted octanol–water partition coefficient (Wildman–Crippen LogP) is 3.24. The first kappa shape index (κ1) is 21.2. The lowest BCUT2D eigenvalue weighted by molar-refractivity contribution is -0.136. The molecule has 2 heterocycles. The van der Waals surface area contributed by atoms with E-state index in [-0.39, 0.29) is 35.4 Å². The Labute approximate surface area is 175 Å². The quantitative estimate of drug-likeness (QED) is 0.633. The van der Waals surface area contributed by atoms with E-state index < -0.39 is 10.0 Å². The molecule has 8 heteroatoms. The highest BCUT2D eigenvalue weighted by molar-refractivity contribution is 7.89. The van der Waals surface area contributed by atoms with Gasteiger partial charge in [0, 0.05) is 30.4 Å². The number of carbonyl (C=O) groups excluding carboxylic acids is 1. The van der Waals surface area contributed by atoms with Crippen molar-refractivity contribution in [1.82, 2.24) is 9.21 Å². The topological polar surface area (TPSA) is 81.5 Å². The summed E-state index contributed by atoms with van der Waals surface area (Å²) in [6.45, 7) is 5.28. The number of hydrogen-bond acceptors (Lipinski definition) is 5. The molecule has 3 rings (SSSR count). The molecule has 0 atom stereocenters. The van der Waals surface area contributed by atoms with E-state index in [0.717, 1.165) is 4.88 Å². The van der Waals surface area contributed by atoms with Crippen LogP contribution < -0.4 is 0 Å². The van der Waals surface area contributed by atoms with Gasteiger partial charge in [0.1, 0.15) is 6.07 Å². The first-order valence-corrected chi connectivity index (χ1v) is 11.7. The average molecular weight is 430 g/mol. The Hall–Kier alpha value is -2.47. The van der Waals surface area contributed by atoms with Gasteiger partial charge in [0.25, 0.3) is 0 Å². The lowest BCUT2D eigenvalue weighted by atomic mass is 9.96. The van der Waals surface area contributed by atoms with Crippen LogP contribution in [0.15, 0.2) is 59.3 Å². The van der Waals surface area contributed by atoms with Crippen molar-refractivity contribution in [2.75, 3.05) is 19.6 Å². The standard InChI is InChI=1S/C21H23N3O3S2/c1-2-11-23(16-19-7-5-14-28-19)21(25)17-9-12-24(13-10-17)29(26,27)20-8-4-3-6-18(20)15-22/h2-8,14,17H,1,9-13,16H2. The van der Waals surface area contributed by atoms with Gasteiger partial charge in [0.15, 0.2) is 0 Å². The van der Waals surface area contributed by atoms with Gasteiger partial charge in [-0.05, 0) is 36.4 Å². The molecule has 0 radical (unpaired) electrons. The SMILES string of the molecule is C=CCN(Cc1cccs1)C(=O)C1CCN(S(=O)(=O)c2ccccc2C#N)CC1. The Balaban J connectivity index is 1.68. The summed E-state index contributed by atoms with van der Waals surface area (Å²) in [5, 5.41) is 11.2. The van der Waals surface area contributed by atoms with E-state index in [1.807, 2.05) is 23.6 Å². The number of rotatable bonds is 7. The van der Waals surface area contributed by atoms with Crippen molar-refractivity contribution in [2.45, 2.75) is 24.3 Å². The van der Waals surface area contributed by atoms with Gasteiger partial charge in [-0.25, -0.2) is 8.42 Å². The highest BCUT2D eigenvalue weighted by Crippen LogP contribution is 2.27. The Kier molecular flexibility index (Phi) is 6.85. The molecule has 0 N–H and O–H groups in total. The molecule has 0 aliphatic carbocycles. The van der Waals surface area contributed by atoms with E-state index in [9.17, 15) is 18.5 Å². The van der Waals surface area contributed by atoms with Crippen LogP contribution in [0.2, 0.25) is 0 Å². The van der Waals surface area contributed by atoms with E-state index in [1.165, 1.54) is 16.4 Å². The van der Waals surface area contributed by atoms with Crippen LogP contribution in [0.1, 0.15) is 23.3 Å². The fourth-order valence-corrected chi connectivity index (χ4v) is 5.83. The maximum Gasteiger partial charge on any atom is 0.244 e. The van der Waals surface area contributed by atoms with Crippen LogP contribution in [0, 0.1) is 17.2 Å². The summed E-state index contributed by atoms with van der Waals surface area (Å²) >= 11 is 1.60.